The first kappa shape index (κ1) is 9.48. The van der Waals surface area contributed by atoms with E-state index >= 15 is 0 Å². The summed E-state index contributed by atoms with van der Waals surface area (Å²) in [4.78, 5) is 19.5. The molecule has 3 nitrogen and oxygen atoms in total. The van der Waals surface area contributed by atoms with Gasteiger partial charge in [0.25, 0.3) is 0 Å². The summed E-state index contributed by atoms with van der Waals surface area (Å²) in [5.41, 5.74) is 1.06. The van der Waals surface area contributed by atoms with Gasteiger partial charge in [-0.15, -0.1) is 0 Å². The van der Waals surface area contributed by atoms with E-state index in [1.807, 2.05) is 5.38 Å². The maximum Gasteiger partial charge on any atom is 0.213 e. The van der Waals surface area contributed by atoms with Gasteiger partial charge in [-0.3, -0.25) is 4.79 Å². The standard InChI is InChI=1S/C9H5BrN2OS/c10-7-3-11-5-12-8(7)9(13)6-1-2-14-4-6/h1-5H. The summed E-state index contributed by atoms with van der Waals surface area (Å²) >= 11 is 4.73. The molecule has 14 heavy (non-hydrogen) atoms. The molecule has 0 aliphatic rings. The lowest BCUT2D eigenvalue weighted by Crippen LogP contribution is -2.03. The molecule has 0 bridgehead atoms. The Morgan fingerprint density at radius 3 is 3.00 bits per heavy atom. The number of thiophene rings is 1. The number of ketones is 1. The Morgan fingerprint density at radius 1 is 1.50 bits per heavy atom. The average Bonchev–Trinajstić information content (AvgIpc) is 2.70. The zero-order valence-corrected chi connectivity index (χ0v) is 9.38. The molecule has 0 aromatic carbocycles. The van der Waals surface area contributed by atoms with Crippen molar-refractivity contribution in [3.05, 3.63) is 45.1 Å². The van der Waals surface area contributed by atoms with E-state index in [1.165, 1.54) is 17.7 Å². The van der Waals surface area contributed by atoms with Crippen molar-refractivity contribution < 1.29 is 4.79 Å². The highest BCUT2D eigenvalue weighted by Crippen LogP contribution is 2.17. The summed E-state index contributed by atoms with van der Waals surface area (Å²) in [7, 11) is 0. The van der Waals surface area contributed by atoms with Gasteiger partial charge >= 0.3 is 0 Å². The van der Waals surface area contributed by atoms with Crippen LogP contribution in [-0.4, -0.2) is 15.8 Å². The van der Waals surface area contributed by atoms with Crippen LogP contribution in [0.2, 0.25) is 0 Å². The molecule has 0 N–H and O–H groups in total. The van der Waals surface area contributed by atoms with E-state index in [4.69, 9.17) is 0 Å². The van der Waals surface area contributed by atoms with E-state index in [0.717, 1.165) is 0 Å². The number of hydrogen-bond donors (Lipinski definition) is 0. The van der Waals surface area contributed by atoms with E-state index in [0.29, 0.717) is 15.7 Å². The van der Waals surface area contributed by atoms with Crippen LogP contribution in [0.1, 0.15) is 16.1 Å². The van der Waals surface area contributed by atoms with Gasteiger partial charge in [-0.25, -0.2) is 9.97 Å². The number of nitrogens with zero attached hydrogens (tertiary/aromatic N) is 2. The fourth-order valence-corrected chi connectivity index (χ4v) is 2.05. The molecule has 2 aromatic heterocycles. The van der Waals surface area contributed by atoms with Gasteiger partial charge in [0.1, 0.15) is 12.0 Å². The fraction of sp³-hybridized carbons (Fsp3) is 0. The van der Waals surface area contributed by atoms with Crippen molar-refractivity contribution in [2.75, 3.05) is 0 Å². The van der Waals surface area contributed by atoms with Crippen LogP contribution in [0.3, 0.4) is 0 Å². The highest BCUT2D eigenvalue weighted by molar-refractivity contribution is 9.10. The van der Waals surface area contributed by atoms with Crippen molar-refractivity contribution >= 4 is 33.0 Å². The lowest BCUT2D eigenvalue weighted by molar-refractivity contribution is 0.103. The monoisotopic (exact) mass is 268 g/mol. The quantitative estimate of drug-likeness (QED) is 0.787. The third kappa shape index (κ3) is 1.73. The molecule has 0 atom stereocenters. The smallest absolute Gasteiger partial charge is 0.213 e. The van der Waals surface area contributed by atoms with Gasteiger partial charge < -0.3 is 0 Å². The summed E-state index contributed by atoms with van der Waals surface area (Å²) in [6, 6.07) is 1.78. The minimum absolute atomic E-state index is 0.0828. The molecule has 2 heterocycles. The molecule has 70 valence electrons. The van der Waals surface area contributed by atoms with Crippen molar-refractivity contribution in [3.63, 3.8) is 0 Å². The van der Waals surface area contributed by atoms with Gasteiger partial charge in [0.15, 0.2) is 0 Å². The molecular formula is C9H5BrN2OS. The summed E-state index contributed by atoms with van der Waals surface area (Å²) in [6.45, 7) is 0. The van der Waals surface area contributed by atoms with Gasteiger partial charge in [0.2, 0.25) is 5.78 Å². The molecule has 0 aliphatic carbocycles. The lowest BCUT2D eigenvalue weighted by Gasteiger charge is -1.98. The Hall–Kier alpha value is -1.07. The molecule has 0 saturated heterocycles. The first-order valence-corrected chi connectivity index (χ1v) is 5.55. The zero-order valence-electron chi connectivity index (χ0n) is 6.98. The van der Waals surface area contributed by atoms with Gasteiger partial charge in [-0.2, -0.15) is 11.3 Å². The summed E-state index contributed by atoms with van der Waals surface area (Å²) in [6.07, 6.45) is 2.93. The summed E-state index contributed by atoms with van der Waals surface area (Å²) in [5.74, 6) is -0.0828. The van der Waals surface area contributed by atoms with Crippen LogP contribution < -0.4 is 0 Å². The van der Waals surface area contributed by atoms with E-state index in [2.05, 4.69) is 25.9 Å². The summed E-state index contributed by atoms with van der Waals surface area (Å²) < 4.78 is 0.621. The van der Waals surface area contributed by atoms with Crippen molar-refractivity contribution in [3.8, 4) is 0 Å². The molecule has 5 heteroatoms. The Labute approximate surface area is 93.0 Å². The number of carbonyl (C=O) groups excluding carboxylic acids is 1. The van der Waals surface area contributed by atoms with Crippen LogP contribution in [0.5, 0.6) is 0 Å². The van der Waals surface area contributed by atoms with Crippen molar-refractivity contribution in [2.45, 2.75) is 0 Å². The molecule has 0 fully saturated rings. The van der Waals surface area contributed by atoms with Crippen molar-refractivity contribution in [1.29, 1.82) is 0 Å². The fourth-order valence-electron chi connectivity index (χ4n) is 1.01. The second kappa shape index (κ2) is 3.98. The molecular weight excluding hydrogens is 264 g/mol. The Balaban J connectivity index is 2.42. The second-order valence-electron chi connectivity index (χ2n) is 2.56. The van der Waals surface area contributed by atoms with Gasteiger partial charge in [-0.1, -0.05) is 0 Å². The SMILES string of the molecule is O=C(c1ccsc1)c1ncncc1Br. The molecule has 0 aliphatic heterocycles. The molecule has 0 unspecified atom stereocenters. The Morgan fingerprint density at radius 2 is 2.36 bits per heavy atom. The highest BCUT2D eigenvalue weighted by atomic mass is 79.9. The average molecular weight is 269 g/mol. The maximum absolute atomic E-state index is 11.8. The molecule has 2 aromatic rings. The first-order chi connectivity index (χ1) is 6.79. The van der Waals surface area contributed by atoms with Gasteiger partial charge in [0.05, 0.1) is 4.47 Å². The van der Waals surface area contributed by atoms with E-state index in [9.17, 15) is 4.79 Å². The van der Waals surface area contributed by atoms with Crippen molar-refractivity contribution in [2.24, 2.45) is 0 Å². The van der Waals surface area contributed by atoms with Crippen molar-refractivity contribution in [1.82, 2.24) is 9.97 Å². The Bertz CT molecular complexity index is 456. The minimum Gasteiger partial charge on any atom is -0.287 e. The zero-order chi connectivity index (χ0) is 9.97. The predicted molar refractivity (Wildman–Crippen MR) is 57.5 cm³/mol. The highest BCUT2D eigenvalue weighted by Gasteiger charge is 2.13. The van der Waals surface area contributed by atoms with Crippen LogP contribution in [0.15, 0.2) is 33.8 Å². The van der Waals surface area contributed by atoms with Crippen LogP contribution >= 0.6 is 27.3 Å². The molecule has 2 rings (SSSR count). The second-order valence-corrected chi connectivity index (χ2v) is 4.19. The molecule has 0 saturated carbocycles. The van der Waals surface area contributed by atoms with E-state index < -0.39 is 0 Å². The number of hydrogen-bond acceptors (Lipinski definition) is 4. The third-order valence-corrected chi connectivity index (χ3v) is 2.93. The lowest BCUT2D eigenvalue weighted by atomic mass is 10.1. The van der Waals surface area contributed by atoms with Crippen LogP contribution in [0, 0.1) is 0 Å². The van der Waals surface area contributed by atoms with Gasteiger partial charge in [0, 0.05) is 17.1 Å². The largest absolute Gasteiger partial charge is 0.287 e. The maximum atomic E-state index is 11.8. The third-order valence-electron chi connectivity index (χ3n) is 1.67. The number of halogens is 1. The van der Waals surface area contributed by atoms with Crippen LogP contribution in [0.4, 0.5) is 0 Å². The molecule has 0 spiro atoms. The molecule has 0 radical (unpaired) electrons. The molecule has 0 amide bonds. The normalized spacial score (nSPS) is 10.1. The topological polar surface area (TPSA) is 42.9 Å². The van der Waals surface area contributed by atoms with Gasteiger partial charge in [-0.05, 0) is 27.4 Å². The first-order valence-electron chi connectivity index (χ1n) is 3.81. The minimum atomic E-state index is -0.0828. The summed E-state index contributed by atoms with van der Waals surface area (Å²) in [5, 5.41) is 3.67. The van der Waals surface area contributed by atoms with Crippen LogP contribution in [-0.2, 0) is 0 Å². The van der Waals surface area contributed by atoms with E-state index in [-0.39, 0.29) is 5.78 Å². The Kier molecular flexibility index (Phi) is 2.69. The predicted octanol–water partition coefficient (Wildman–Crippen LogP) is 2.53. The number of aromatic nitrogens is 2. The number of carbonyl (C=O) groups is 1. The number of rotatable bonds is 2. The van der Waals surface area contributed by atoms with Crippen LogP contribution in [0.25, 0.3) is 0 Å². The van der Waals surface area contributed by atoms with E-state index in [1.54, 1.807) is 17.6 Å².